The number of carbonyl (C=O) groups excluding carboxylic acids is 1. The van der Waals surface area contributed by atoms with Crippen LogP contribution in [0.2, 0.25) is 0 Å². The maximum absolute atomic E-state index is 14.4. The molecule has 1 N–H and O–H groups in total. The molecule has 1 fully saturated rings. The molecule has 0 radical (unpaired) electrons. The number of alkyl halides is 9. The summed E-state index contributed by atoms with van der Waals surface area (Å²) in [5, 5.41) is 10.5. The van der Waals surface area contributed by atoms with Gasteiger partial charge >= 0.3 is 24.6 Å². The Labute approximate surface area is 238 Å². The molecule has 1 amide bonds. The van der Waals surface area contributed by atoms with E-state index in [1.807, 2.05) is 0 Å². The fourth-order valence-electron chi connectivity index (χ4n) is 4.89. The van der Waals surface area contributed by atoms with Gasteiger partial charge in [-0.05, 0) is 71.5 Å². The van der Waals surface area contributed by atoms with E-state index in [-0.39, 0.29) is 34.2 Å². The Hall–Kier alpha value is -3.97. The van der Waals surface area contributed by atoms with Gasteiger partial charge in [0.05, 0.1) is 29.3 Å². The number of nitrogens with zero attached hydrogens (tertiary/aromatic N) is 1. The number of aromatic hydroxyl groups is 1. The largest absolute Gasteiger partial charge is 0.507 e. The Morgan fingerprint density at radius 3 is 1.88 bits per heavy atom. The van der Waals surface area contributed by atoms with Crippen molar-refractivity contribution in [2.45, 2.75) is 63.9 Å². The number of rotatable bonds is 5. The van der Waals surface area contributed by atoms with E-state index >= 15 is 0 Å². The molecule has 2 atom stereocenters. The maximum atomic E-state index is 14.4. The molecule has 0 spiro atoms. The molecule has 14 heteroatoms. The number of phenols is 1. The van der Waals surface area contributed by atoms with Crippen LogP contribution in [0, 0.1) is 5.82 Å². The monoisotopic (exact) mass is 623 g/mol. The molecule has 1 heterocycles. The third-order valence-corrected chi connectivity index (χ3v) is 7.13. The zero-order valence-corrected chi connectivity index (χ0v) is 22.5. The predicted octanol–water partition coefficient (Wildman–Crippen LogP) is 9.46. The van der Waals surface area contributed by atoms with Gasteiger partial charge in [-0.3, -0.25) is 4.90 Å². The fraction of sp³-hybridized carbons (Fsp3) is 0.345. The average molecular weight is 623 g/mol. The quantitative estimate of drug-likeness (QED) is 0.288. The molecule has 0 saturated carbocycles. The molecule has 1 saturated heterocycles. The van der Waals surface area contributed by atoms with Gasteiger partial charge in [-0.1, -0.05) is 19.9 Å². The molecular formula is C29H23F10NO3. The SMILES string of the molecule is CC(C)c1cc(-c2ccc(C(F)(F)F)cc2CN2C(=O)OC(c3cc(C(F)(F)F)cc(C(F)(F)F)c3)C2C)c(O)cc1F. The molecule has 0 aromatic heterocycles. The van der Waals surface area contributed by atoms with Crippen LogP contribution >= 0.6 is 0 Å². The van der Waals surface area contributed by atoms with Gasteiger partial charge in [0.15, 0.2) is 0 Å². The number of carbonyl (C=O) groups is 1. The van der Waals surface area contributed by atoms with Gasteiger partial charge in [0.2, 0.25) is 0 Å². The molecule has 4 nitrogen and oxygen atoms in total. The zero-order valence-electron chi connectivity index (χ0n) is 22.5. The first-order valence-electron chi connectivity index (χ1n) is 12.7. The lowest BCUT2D eigenvalue weighted by Gasteiger charge is -2.24. The van der Waals surface area contributed by atoms with E-state index in [0.717, 1.165) is 17.0 Å². The van der Waals surface area contributed by atoms with Crippen molar-refractivity contribution in [2.24, 2.45) is 0 Å². The Morgan fingerprint density at radius 1 is 0.814 bits per heavy atom. The van der Waals surface area contributed by atoms with Gasteiger partial charge in [-0.2, -0.15) is 39.5 Å². The molecule has 3 aromatic carbocycles. The van der Waals surface area contributed by atoms with Crippen molar-refractivity contribution in [2.75, 3.05) is 0 Å². The van der Waals surface area contributed by atoms with E-state index in [1.54, 1.807) is 13.8 Å². The Kier molecular flexibility index (Phi) is 8.13. The third kappa shape index (κ3) is 6.52. The molecule has 1 aliphatic rings. The summed E-state index contributed by atoms with van der Waals surface area (Å²) in [4.78, 5) is 13.7. The number of hydrogen-bond donors (Lipinski definition) is 1. The van der Waals surface area contributed by atoms with Crippen molar-refractivity contribution in [3.8, 4) is 16.9 Å². The Bertz CT molecular complexity index is 1510. The normalized spacial score (nSPS) is 18.0. The highest BCUT2D eigenvalue weighted by atomic mass is 19.4. The van der Waals surface area contributed by atoms with Gasteiger partial charge in [0.25, 0.3) is 0 Å². The first-order chi connectivity index (χ1) is 19.7. The Morgan fingerprint density at radius 2 is 1.37 bits per heavy atom. The summed E-state index contributed by atoms with van der Waals surface area (Å²) in [5.74, 6) is -1.76. The van der Waals surface area contributed by atoms with E-state index < -0.39 is 77.1 Å². The second kappa shape index (κ2) is 10.9. The van der Waals surface area contributed by atoms with E-state index in [0.29, 0.717) is 24.3 Å². The number of halogens is 10. The Balaban J connectivity index is 1.80. The van der Waals surface area contributed by atoms with E-state index in [1.165, 1.54) is 13.0 Å². The van der Waals surface area contributed by atoms with Crippen LogP contribution in [0.15, 0.2) is 48.5 Å². The molecule has 0 bridgehead atoms. The first-order valence-corrected chi connectivity index (χ1v) is 12.7. The molecule has 4 rings (SSSR count). The number of amides is 1. The summed E-state index contributed by atoms with van der Waals surface area (Å²) in [5.41, 5.74) is -5.16. The summed E-state index contributed by atoms with van der Waals surface area (Å²) in [7, 11) is 0. The topological polar surface area (TPSA) is 49.8 Å². The highest BCUT2D eigenvalue weighted by Gasteiger charge is 2.44. The number of phenolic OH excluding ortho intramolecular Hbond substituents is 1. The second-order valence-corrected chi connectivity index (χ2v) is 10.4. The average Bonchev–Trinajstić information content (AvgIpc) is 3.15. The summed E-state index contributed by atoms with van der Waals surface area (Å²) in [6, 6.07) is 3.95. The van der Waals surface area contributed by atoms with Gasteiger partial charge in [0, 0.05) is 11.6 Å². The van der Waals surface area contributed by atoms with Crippen molar-refractivity contribution in [3.63, 3.8) is 0 Å². The van der Waals surface area contributed by atoms with Crippen molar-refractivity contribution in [3.05, 3.63) is 87.7 Å². The lowest BCUT2D eigenvalue weighted by Crippen LogP contribution is -2.32. The van der Waals surface area contributed by atoms with Crippen LogP contribution in [0.1, 0.15) is 66.2 Å². The highest BCUT2D eigenvalue weighted by Crippen LogP contribution is 2.43. The van der Waals surface area contributed by atoms with Crippen LogP contribution in [0.4, 0.5) is 48.7 Å². The number of cyclic esters (lactones) is 1. The van der Waals surface area contributed by atoms with Crippen LogP contribution in [0.3, 0.4) is 0 Å². The molecule has 1 aliphatic heterocycles. The minimum absolute atomic E-state index is 0.0192. The van der Waals surface area contributed by atoms with Crippen LogP contribution in [0.25, 0.3) is 11.1 Å². The van der Waals surface area contributed by atoms with Crippen molar-refractivity contribution >= 4 is 6.09 Å². The zero-order chi connectivity index (χ0) is 32.2. The number of hydrogen-bond acceptors (Lipinski definition) is 3. The first kappa shape index (κ1) is 32.0. The third-order valence-electron chi connectivity index (χ3n) is 7.13. The predicted molar refractivity (Wildman–Crippen MR) is 133 cm³/mol. The van der Waals surface area contributed by atoms with Crippen LogP contribution in [-0.4, -0.2) is 22.1 Å². The summed E-state index contributed by atoms with van der Waals surface area (Å²) < 4.78 is 141. The molecule has 0 aliphatic carbocycles. The molecular weight excluding hydrogens is 600 g/mol. The minimum Gasteiger partial charge on any atom is -0.507 e. The summed E-state index contributed by atoms with van der Waals surface area (Å²) >= 11 is 0. The van der Waals surface area contributed by atoms with E-state index in [4.69, 9.17) is 4.74 Å². The molecule has 43 heavy (non-hydrogen) atoms. The highest BCUT2D eigenvalue weighted by molar-refractivity contribution is 5.76. The standard InChI is InChI=1S/C29H23F10NO3/c1-13(2)21-10-22(24(41)11-23(21)30)20-5-4-17(27(31,32)33)8-16(20)12-40-14(3)25(43-26(40)42)15-6-18(28(34,35)36)9-19(7-15)29(37,38)39/h4-11,13-14,25,41H,12H2,1-3H3. The lowest BCUT2D eigenvalue weighted by molar-refractivity contribution is -0.143. The number of benzene rings is 3. The van der Waals surface area contributed by atoms with Gasteiger partial charge in [0.1, 0.15) is 17.7 Å². The summed E-state index contributed by atoms with van der Waals surface area (Å²) in [6.45, 7) is 3.90. The lowest BCUT2D eigenvalue weighted by atomic mass is 9.92. The van der Waals surface area contributed by atoms with Crippen LogP contribution in [-0.2, 0) is 29.8 Å². The summed E-state index contributed by atoms with van der Waals surface area (Å²) in [6.07, 6.45) is -18.0. The van der Waals surface area contributed by atoms with E-state index in [9.17, 15) is 53.8 Å². The van der Waals surface area contributed by atoms with Crippen LogP contribution in [0.5, 0.6) is 5.75 Å². The van der Waals surface area contributed by atoms with Crippen molar-refractivity contribution in [1.29, 1.82) is 0 Å². The molecule has 232 valence electrons. The smallest absolute Gasteiger partial charge is 0.416 e. The minimum atomic E-state index is -5.17. The van der Waals surface area contributed by atoms with Gasteiger partial charge in [-0.25, -0.2) is 9.18 Å². The van der Waals surface area contributed by atoms with Crippen molar-refractivity contribution in [1.82, 2.24) is 4.90 Å². The fourth-order valence-corrected chi connectivity index (χ4v) is 4.89. The van der Waals surface area contributed by atoms with Crippen LogP contribution < -0.4 is 0 Å². The number of ether oxygens (including phenoxy) is 1. The van der Waals surface area contributed by atoms with Crippen molar-refractivity contribution < 1.29 is 58.5 Å². The second-order valence-electron chi connectivity index (χ2n) is 10.4. The molecule has 2 unspecified atom stereocenters. The van der Waals surface area contributed by atoms with E-state index in [2.05, 4.69) is 0 Å². The van der Waals surface area contributed by atoms with Gasteiger partial charge < -0.3 is 9.84 Å². The maximum Gasteiger partial charge on any atom is 0.416 e. The molecule has 3 aromatic rings. The van der Waals surface area contributed by atoms with Gasteiger partial charge in [-0.15, -0.1) is 0 Å².